The van der Waals surface area contributed by atoms with Crippen LogP contribution in [0.5, 0.6) is 11.8 Å². The van der Waals surface area contributed by atoms with E-state index in [1.54, 1.807) is 0 Å². The molecule has 0 aromatic carbocycles. The zero-order valence-corrected chi connectivity index (χ0v) is 16.3. The molecule has 8 nitrogen and oxygen atoms in total. The van der Waals surface area contributed by atoms with Gasteiger partial charge in [0.1, 0.15) is 6.33 Å². The van der Waals surface area contributed by atoms with Crippen molar-refractivity contribution in [2.75, 3.05) is 19.5 Å². The van der Waals surface area contributed by atoms with Gasteiger partial charge in [-0.2, -0.15) is 13.2 Å². The Hall–Kier alpha value is -2.99. The van der Waals surface area contributed by atoms with Crippen molar-refractivity contribution in [2.45, 2.75) is 6.18 Å². The molecule has 0 unspecified atom stereocenters. The number of anilines is 1. The van der Waals surface area contributed by atoms with Crippen molar-refractivity contribution in [1.82, 2.24) is 19.9 Å². The summed E-state index contributed by atoms with van der Waals surface area (Å²) in [5.41, 5.74) is -1.36. The van der Waals surface area contributed by atoms with Crippen molar-refractivity contribution in [2.24, 2.45) is 0 Å². The number of halogens is 4. The lowest BCUT2D eigenvalue weighted by atomic mass is 10.2. The summed E-state index contributed by atoms with van der Waals surface area (Å²) >= 11 is 6.34. The molecule has 1 amide bonds. The lowest BCUT2D eigenvalue weighted by Crippen LogP contribution is -2.16. The smallest absolute Gasteiger partial charge is 0.434 e. The van der Waals surface area contributed by atoms with Crippen LogP contribution in [0, 0.1) is 0 Å². The molecule has 13 heteroatoms. The standard InChI is InChI=1S/C16H11ClF3N5O3S/c1-27-13-9(14(28-2)23-6-22-13)12(26)25-15-24-11(16(18,19)20)10(29-15)8-4-3-7(17)5-21-8/h3-6H,1-2H3,(H,24,25,26). The van der Waals surface area contributed by atoms with E-state index < -0.39 is 17.8 Å². The van der Waals surface area contributed by atoms with Crippen molar-refractivity contribution < 1.29 is 27.4 Å². The molecule has 0 spiro atoms. The van der Waals surface area contributed by atoms with E-state index >= 15 is 0 Å². The molecule has 152 valence electrons. The second-order valence-electron chi connectivity index (χ2n) is 5.28. The third-order valence-electron chi connectivity index (χ3n) is 3.47. The van der Waals surface area contributed by atoms with Crippen LogP contribution in [-0.2, 0) is 6.18 Å². The van der Waals surface area contributed by atoms with Crippen LogP contribution in [0.15, 0.2) is 24.7 Å². The summed E-state index contributed by atoms with van der Waals surface area (Å²) in [6.07, 6.45) is -2.43. The second kappa shape index (κ2) is 8.17. The molecule has 0 atom stereocenters. The van der Waals surface area contributed by atoms with Crippen LogP contribution >= 0.6 is 22.9 Å². The summed E-state index contributed by atoms with van der Waals surface area (Å²) in [5, 5.41) is 2.26. The largest absolute Gasteiger partial charge is 0.480 e. The highest BCUT2D eigenvalue weighted by Gasteiger charge is 2.38. The van der Waals surface area contributed by atoms with E-state index in [-0.39, 0.29) is 38.0 Å². The Kier molecular flexibility index (Phi) is 5.84. The molecule has 0 aliphatic carbocycles. The number of nitrogens with one attached hydrogen (secondary N) is 1. The maximum absolute atomic E-state index is 13.4. The zero-order valence-electron chi connectivity index (χ0n) is 14.7. The van der Waals surface area contributed by atoms with E-state index in [1.165, 1.54) is 32.5 Å². The van der Waals surface area contributed by atoms with Crippen molar-refractivity contribution in [3.63, 3.8) is 0 Å². The quantitative estimate of drug-likeness (QED) is 0.635. The van der Waals surface area contributed by atoms with Gasteiger partial charge in [-0.3, -0.25) is 15.1 Å². The fraction of sp³-hybridized carbons (Fsp3) is 0.188. The molecule has 0 saturated carbocycles. The Bertz CT molecular complexity index is 1020. The average Bonchev–Trinajstić information content (AvgIpc) is 3.12. The number of thiazole rings is 1. The molecular formula is C16H11ClF3N5O3S. The maximum Gasteiger partial charge on any atom is 0.434 e. The predicted octanol–water partition coefficient (Wildman–Crippen LogP) is 3.94. The molecule has 29 heavy (non-hydrogen) atoms. The molecule has 0 aliphatic heterocycles. The van der Waals surface area contributed by atoms with Gasteiger partial charge in [-0.25, -0.2) is 15.0 Å². The van der Waals surface area contributed by atoms with E-state index in [0.29, 0.717) is 11.3 Å². The number of rotatable bonds is 5. The van der Waals surface area contributed by atoms with E-state index in [9.17, 15) is 18.0 Å². The molecule has 1 N–H and O–H groups in total. The van der Waals surface area contributed by atoms with Crippen molar-refractivity contribution in [3.8, 4) is 22.3 Å². The fourth-order valence-corrected chi connectivity index (χ4v) is 3.34. The van der Waals surface area contributed by atoms with Crippen molar-refractivity contribution in [3.05, 3.63) is 40.9 Å². The molecule has 0 bridgehead atoms. The van der Waals surface area contributed by atoms with Crippen molar-refractivity contribution in [1.29, 1.82) is 0 Å². The summed E-state index contributed by atoms with van der Waals surface area (Å²) in [6.45, 7) is 0. The fourth-order valence-electron chi connectivity index (χ4n) is 2.27. The number of pyridine rings is 1. The number of hydrogen-bond donors (Lipinski definition) is 1. The Morgan fingerprint density at radius 3 is 2.31 bits per heavy atom. The number of nitrogens with zero attached hydrogens (tertiary/aromatic N) is 4. The van der Waals surface area contributed by atoms with Crippen LogP contribution in [0.4, 0.5) is 18.3 Å². The molecule has 0 radical (unpaired) electrons. The first-order chi connectivity index (χ1) is 13.7. The maximum atomic E-state index is 13.4. The van der Waals surface area contributed by atoms with E-state index in [0.717, 1.165) is 6.33 Å². The van der Waals surface area contributed by atoms with E-state index in [2.05, 4.69) is 25.3 Å². The number of methoxy groups -OCH3 is 2. The van der Waals surface area contributed by atoms with Gasteiger partial charge in [0.05, 0.1) is 29.8 Å². The van der Waals surface area contributed by atoms with Crippen LogP contribution in [0.1, 0.15) is 16.1 Å². The van der Waals surface area contributed by atoms with Crippen LogP contribution in [0.3, 0.4) is 0 Å². The molecule has 3 aromatic heterocycles. The lowest BCUT2D eigenvalue weighted by molar-refractivity contribution is -0.140. The zero-order chi connectivity index (χ0) is 21.2. The topological polar surface area (TPSA) is 99.1 Å². The lowest BCUT2D eigenvalue weighted by Gasteiger charge is -2.09. The minimum atomic E-state index is -4.76. The summed E-state index contributed by atoms with van der Waals surface area (Å²) < 4.78 is 50.3. The van der Waals surface area contributed by atoms with Gasteiger partial charge in [-0.1, -0.05) is 22.9 Å². The molecule has 3 aromatic rings. The number of hydrogen-bond acceptors (Lipinski definition) is 8. The van der Waals surface area contributed by atoms with Gasteiger partial charge < -0.3 is 9.47 Å². The van der Waals surface area contributed by atoms with Gasteiger partial charge in [-0.15, -0.1) is 0 Å². The first-order valence-electron chi connectivity index (χ1n) is 7.69. The van der Waals surface area contributed by atoms with Crippen LogP contribution in [0.2, 0.25) is 5.02 Å². The first-order valence-corrected chi connectivity index (χ1v) is 8.88. The normalized spacial score (nSPS) is 11.2. The highest BCUT2D eigenvalue weighted by molar-refractivity contribution is 7.19. The monoisotopic (exact) mass is 445 g/mol. The van der Waals surface area contributed by atoms with Gasteiger partial charge in [0.2, 0.25) is 11.8 Å². The number of aromatic nitrogens is 4. The Balaban J connectivity index is 2.01. The number of alkyl halides is 3. The molecule has 3 rings (SSSR count). The van der Waals surface area contributed by atoms with Gasteiger partial charge in [0, 0.05) is 6.20 Å². The third-order valence-corrected chi connectivity index (χ3v) is 4.68. The number of carbonyl (C=O) groups excluding carboxylic acids is 1. The van der Waals surface area contributed by atoms with Crippen molar-refractivity contribution >= 4 is 34.0 Å². The number of ether oxygens (including phenoxy) is 2. The SMILES string of the molecule is COc1ncnc(OC)c1C(=O)Nc1nc(C(F)(F)F)c(-c2ccc(Cl)cn2)s1. The molecule has 3 heterocycles. The summed E-state index contributed by atoms with van der Waals surface area (Å²) in [6, 6.07) is 2.73. The molecule has 0 aliphatic rings. The summed E-state index contributed by atoms with van der Waals surface area (Å²) in [5.74, 6) is -1.07. The van der Waals surface area contributed by atoms with E-state index in [1.807, 2.05) is 0 Å². The van der Waals surface area contributed by atoms with Gasteiger partial charge in [0.15, 0.2) is 16.4 Å². The second-order valence-corrected chi connectivity index (χ2v) is 6.71. The minimum absolute atomic E-state index is 0.0120. The molecular weight excluding hydrogens is 435 g/mol. The molecule has 0 saturated heterocycles. The molecule has 0 fully saturated rings. The third kappa shape index (κ3) is 4.38. The van der Waals surface area contributed by atoms with Crippen LogP contribution in [0.25, 0.3) is 10.6 Å². The van der Waals surface area contributed by atoms with Gasteiger partial charge >= 0.3 is 6.18 Å². The Morgan fingerprint density at radius 2 is 1.79 bits per heavy atom. The van der Waals surface area contributed by atoms with Gasteiger partial charge in [0.25, 0.3) is 5.91 Å². The highest BCUT2D eigenvalue weighted by Crippen LogP contribution is 2.41. The summed E-state index contributed by atoms with van der Waals surface area (Å²) in [7, 11) is 2.54. The Morgan fingerprint density at radius 1 is 1.14 bits per heavy atom. The van der Waals surface area contributed by atoms with Crippen LogP contribution in [-0.4, -0.2) is 40.1 Å². The average molecular weight is 446 g/mol. The first kappa shape index (κ1) is 20.7. The number of carbonyl (C=O) groups is 1. The Labute approximate surface area is 170 Å². The van der Waals surface area contributed by atoms with Gasteiger partial charge in [-0.05, 0) is 12.1 Å². The minimum Gasteiger partial charge on any atom is -0.480 e. The van der Waals surface area contributed by atoms with E-state index in [4.69, 9.17) is 21.1 Å². The van der Waals surface area contributed by atoms with Crippen LogP contribution < -0.4 is 14.8 Å². The summed E-state index contributed by atoms with van der Waals surface area (Å²) in [4.78, 5) is 27.4. The number of amides is 1. The highest BCUT2D eigenvalue weighted by atomic mass is 35.5. The predicted molar refractivity (Wildman–Crippen MR) is 98.4 cm³/mol.